The van der Waals surface area contributed by atoms with Gasteiger partial charge < -0.3 is 11.1 Å². The summed E-state index contributed by atoms with van der Waals surface area (Å²) >= 11 is 0. The SMILES string of the molecule is CC#CCNCCC(C)(C)N. The Balaban J connectivity index is 3.19. The standard InChI is InChI=1S/C9H18N2/c1-4-5-7-11-8-6-9(2,3)10/h11H,6-8,10H2,1-3H3. The lowest BCUT2D eigenvalue weighted by Gasteiger charge is -2.17. The molecule has 0 aromatic rings. The first-order chi connectivity index (χ1) is 5.06. The first-order valence-corrected chi connectivity index (χ1v) is 3.95. The van der Waals surface area contributed by atoms with Crippen molar-refractivity contribution in [3.05, 3.63) is 0 Å². The third-order valence-electron chi connectivity index (χ3n) is 1.34. The van der Waals surface area contributed by atoms with Crippen LogP contribution in [0.4, 0.5) is 0 Å². The Kier molecular flexibility index (Phi) is 4.93. The highest BCUT2D eigenvalue weighted by Gasteiger charge is 2.08. The summed E-state index contributed by atoms with van der Waals surface area (Å²) in [6.07, 6.45) is 0.985. The summed E-state index contributed by atoms with van der Waals surface area (Å²) < 4.78 is 0. The lowest BCUT2D eigenvalue weighted by molar-refractivity contribution is 0.462. The second-order valence-electron chi connectivity index (χ2n) is 3.34. The maximum Gasteiger partial charge on any atom is 0.0576 e. The van der Waals surface area contributed by atoms with E-state index >= 15 is 0 Å². The molecule has 0 fully saturated rings. The molecule has 0 spiro atoms. The van der Waals surface area contributed by atoms with Crippen LogP contribution in [-0.2, 0) is 0 Å². The highest BCUT2D eigenvalue weighted by atomic mass is 14.9. The third kappa shape index (κ3) is 9.48. The predicted molar refractivity (Wildman–Crippen MR) is 49.2 cm³/mol. The van der Waals surface area contributed by atoms with Crippen LogP contribution in [0.5, 0.6) is 0 Å². The van der Waals surface area contributed by atoms with Gasteiger partial charge in [-0.15, -0.1) is 5.92 Å². The van der Waals surface area contributed by atoms with Crippen molar-refractivity contribution in [3.8, 4) is 11.8 Å². The molecule has 3 N–H and O–H groups in total. The van der Waals surface area contributed by atoms with E-state index in [4.69, 9.17) is 5.73 Å². The molecule has 0 aromatic carbocycles. The van der Waals surface area contributed by atoms with Crippen molar-refractivity contribution in [3.63, 3.8) is 0 Å². The van der Waals surface area contributed by atoms with Crippen molar-refractivity contribution in [1.29, 1.82) is 0 Å². The lowest BCUT2D eigenvalue weighted by Crippen LogP contribution is -2.35. The van der Waals surface area contributed by atoms with Crippen LogP contribution < -0.4 is 11.1 Å². The Morgan fingerprint density at radius 2 is 2.09 bits per heavy atom. The van der Waals surface area contributed by atoms with Crippen molar-refractivity contribution >= 4 is 0 Å². The quantitative estimate of drug-likeness (QED) is 0.462. The van der Waals surface area contributed by atoms with Crippen molar-refractivity contribution in [2.24, 2.45) is 5.73 Å². The summed E-state index contributed by atoms with van der Waals surface area (Å²) in [5.74, 6) is 5.75. The molecule has 0 amide bonds. The van der Waals surface area contributed by atoms with Gasteiger partial charge in [0.05, 0.1) is 6.54 Å². The summed E-state index contributed by atoms with van der Waals surface area (Å²) in [5.41, 5.74) is 5.71. The summed E-state index contributed by atoms with van der Waals surface area (Å²) in [5, 5.41) is 3.19. The zero-order valence-corrected chi connectivity index (χ0v) is 7.70. The molecule has 0 heterocycles. The van der Waals surface area contributed by atoms with E-state index < -0.39 is 0 Å². The maximum absolute atomic E-state index is 5.77. The van der Waals surface area contributed by atoms with E-state index in [0.717, 1.165) is 19.5 Å². The molecular weight excluding hydrogens is 136 g/mol. The molecule has 0 saturated carbocycles. The fraction of sp³-hybridized carbons (Fsp3) is 0.778. The van der Waals surface area contributed by atoms with Crippen LogP contribution in [0, 0.1) is 11.8 Å². The molecule has 0 bridgehead atoms. The van der Waals surface area contributed by atoms with Crippen molar-refractivity contribution in [2.45, 2.75) is 32.7 Å². The van der Waals surface area contributed by atoms with Crippen molar-refractivity contribution in [1.82, 2.24) is 5.32 Å². The Morgan fingerprint density at radius 1 is 1.45 bits per heavy atom. The molecular formula is C9H18N2. The molecule has 64 valence electrons. The maximum atomic E-state index is 5.77. The van der Waals surface area contributed by atoms with Crippen LogP contribution >= 0.6 is 0 Å². The van der Waals surface area contributed by atoms with Gasteiger partial charge in [-0.25, -0.2) is 0 Å². The normalized spacial score (nSPS) is 10.5. The van der Waals surface area contributed by atoms with Gasteiger partial charge in [0.1, 0.15) is 0 Å². The molecule has 0 aliphatic carbocycles. The molecule has 0 aliphatic heterocycles. The molecule has 2 heteroatoms. The van der Waals surface area contributed by atoms with Crippen LogP contribution in [0.3, 0.4) is 0 Å². The molecule has 0 atom stereocenters. The fourth-order valence-electron chi connectivity index (χ4n) is 0.650. The number of hydrogen-bond donors (Lipinski definition) is 2. The molecule has 0 rings (SSSR count). The van der Waals surface area contributed by atoms with Gasteiger partial charge in [0.25, 0.3) is 0 Å². The van der Waals surface area contributed by atoms with Crippen LogP contribution in [-0.4, -0.2) is 18.6 Å². The van der Waals surface area contributed by atoms with Gasteiger partial charge in [0.15, 0.2) is 0 Å². The molecule has 0 radical (unpaired) electrons. The van der Waals surface area contributed by atoms with Gasteiger partial charge in [0.2, 0.25) is 0 Å². The minimum absolute atomic E-state index is 0.0629. The zero-order valence-electron chi connectivity index (χ0n) is 7.70. The van der Waals surface area contributed by atoms with Gasteiger partial charge in [-0.05, 0) is 33.7 Å². The van der Waals surface area contributed by atoms with Gasteiger partial charge in [-0.3, -0.25) is 0 Å². The van der Waals surface area contributed by atoms with E-state index in [2.05, 4.69) is 17.2 Å². The number of rotatable bonds is 4. The van der Waals surface area contributed by atoms with Crippen LogP contribution in [0.1, 0.15) is 27.2 Å². The van der Waals surface area contributed by atoms with Gasteiger partial charge in [-0.2, -0.15) is 0 Å². The number of nitrogens with two attached hydrogens (primary N) is 1. The molecule has 0 saturated heterocycles. The van der Waals surface area contributed by atoms with E-state index in [1.54, 1.807) is 0 Å². The number of nitrogens with one attached hydrogen (secondary N) is 1. The lowest BCUT2D eigenvalue weighted by atomic mass is 10.0. The molecule has 0 aromatic heterocycles. The topological polar surface area (TPSA) is 38.0 Å². The monoisotopic (exact) mass is 154 g/mol. The third-order valence-corrected chi connectivity index (χ3v) is 1.34. The van der Waals surface area contributed by atoms with E-state index in [1.165, 1.54) is 0 Å². The van der Waals surface area contributed by atoms with E-state index in [9.17, 15) is 0 Å². The van der Waals surface area contributed by atoms with E-state index in [1.807, 2.05) is 20.8 Å². The smallest absolute Gasteiger partial charge is 0.0576 e. The van der Waals surface area contributed by atoms with Gasteiger partial charge >= 0.3 is 0 Å². The van der Waals surface area contributed by atoms with Crippen molar-refractivity contribution < 1.29 is 0 Å². The summed E-state index contributed by atoms with van der Waals surface area (Å²) in [6.45, 7) is 7.61. The highest BCUT2D eigenvalue weighted by molar-refractivity contribution is 4.96. The van der Waals surface area contributed by atoms with Crippen LogP contribution in [0.25, 0.3) is 0 Å². The largest absolute Gasteiger partial charge is 0.326 e. The van der Waals surface area contributed by atoms with Crippen LogP contribution in [0.2, 0.25) is 0 Å². The van der Waals surface area contributed by atoms with Gasteiger partial charge in [-0.1, -0.05) is 5.92 Å². The summed E-state index contributed by atoms with van der Waals surface area (Å²) in [4.78, 5) is 0. The van der Waals surface area contributed by atoms with Crippen molar-refractivity contribution in [2.75, 3.05) is 13.1 Å². The molecule has 2 nitrogen and oxygen atoms in total. The highest BCUT2D eigenvalue weighted by Crippen LogP contribution is 2.00. The first-order valence-electron chi connectivity index (χ1n) is 3.95. The fourth-order valence-corrected chi connectivity index (χ4v) is 0.650. The minimum atomic E-state index is -0.0629. The Hall–Kier alpha value is -0.520. The molecule has 0 aliphatic rings. The second-order valence-corrected chi connectivity index (χ2v) is 3.34. The molecule has 11 heavy (non-hydrogen) atoms. The average Bonchev–Trinajstić information content (AvgIpc) is 1.85. The average molecular weight is 154 g/mol. The Labute approximate surface area is 69.5 Å². The minimum Gasteiger partial charge on any atom is -0.326 e. The first kappa shape index (κ1) is 10.5. The summed E-state index contributed by atoms with van der Waals surface area (Å²) in [6, 6.07) is 0. The predicted octanol–water partition coefficient (Wildman–Crippen LogP) is 0.727. The van der Waals surface area contributed by atoms with Gasteiger partial charge in [0, 0.05) is 5.54 Å². The molecule has 0 unspecified atom stereocenters. The van der Waals surface area contributed by atoms with Crippen LogP contribution in [0.15, 0.2) is 0 Å². The van der Waals surface area contributed by atoms with E-state index in [0.29, 0.717) is 0 Å². The summed E-state index contributed by atoms with van der Waals surface area (Å²) in [7, 11) is 0. The second kappa shape index (κ2) is 5.17. The Morgan fingerprint density at radius 3 is 2.55 bits per heavy atom. The zero-order chi connectivity index (χ0) is 8.74. The van der Waals surface area contributed by atoms with E-state index in [-0.39, 0.29) is 5.54 Å². The number of hydrogen-bond acceptors (Lipinski definition) is 2. The Bertz CT molecular complexity index is 145.